The van der Waals surface area contributed by atoms with Crippen LogP contribution < -0.4 is 20.3 Å². The van der Waals surface area contributed by atoms with Crippen LogP contribution in [0.25, 0.3) is 10.9 Å². The lowest BCUT2D eigenvalue weighted by Gasteiger charge is -2.50. The van der Waals surface area contributed by atoms with Gasteiger partial charge in [-0.2, -0.15) is 0 Å². The number of hydrogen-bond acceptors (Lipinski definition) is 8. The number of unbranched alkanes of at least 4 members (excludes halogenated alkanes) is 2. The predicted molar refractivity (Wildman–Crippen MR) is 212 cm³/mol. The first-order chi connectivity index (χ1) is 26.8. The van der Waals surface area contributed by atoms with Crippen molar-refractivity contribution < 1.29 is 29.6 Å². The summed E-state index contributed by atoms with van der Waals surface area (Å²) in [5.74, 6) is 1.79. The van der Waals surface area contributed by atoms with Crippen molar-refractivity contribution in [2.75, 3.05) is 39.3 Å². The summed E-state index contributed by atoms with van der Waals surface area (Å²) in [6.07, 6.45) is 3.12. The Bertz CT molecular complexity index is 2100. The smallest absolute Gasteiger partial charge is 0.408 e. The first kappa shape index (κ1) is 37.9. The van der Waals surface area contributed by atoms with Gasteiger partial charge in [-0.25, -0.2) is 4.79 Å². The number of phenolic OH excluding ortho intramolecular Hbond substituents is 1. The largest absolute Gasteiger partial charge is 0.506 e. The minimum absolute atomic E-state index is 0.0284. The number of rotatable bonds is 17. The van der Waals surface area contributed by atoms with Crippen LogP contribution in [0, 0.1) is 5.92 Å². The third-order valence-corrected chi connectivity index (χ3v) is 10.9. The molecule has 1 unspecified atom stereocenters. The molecule has 0 saturated carbocycles. The number of aromatic hydroxyl groups is 1. The number of carbonyl (C=O) groups is 1. The molecule has 1 aromatic heterocycles. The van der Waals surface area contributed by atoms with Crippen LogP contribution in [-0.4, -0.2) is 81.6 Å². The van der Waals surface area contributed by atoms with Gasteiger partial charge in [0.15, 0.2) is 0 Å². The topological polar surface area (TPSA) is 148 Å². The number of H-pyrrole nitrogens is 1. The molecule has 11 nitrogen and oxygen atoms in total. The molecule has 288 valence electrons. The van der Waals surface area contributed by atoms with E-state index in [1.165, 1.54) is 12.1 Å². The number of aromatic nitrogens is 1. The molecule has 3 aliphatic heterocycles. The third-order valence-electron chi connectivity index (χ3n) is 10.9. The maximum Gasteiger partial charge on any atom is 0.408 e. The second kappa shape index (κ2) is 17.9. The molecule has 4 heterocycles. The van der Waals surface area contributed by atoms with E-state index >= 15 is 0 Å². The van der Waals surface area contributed by atoms with E-state index in [4.69, 9.17) is 9.47 Å². The van der Waals surface area contributed by atoms with E-state index in [0.717, 1.165) is 80.7 Å². The van der Waals surface area contributed by atoms with Crippen molar-refractivity contribution in [3.8, 4) is 17.2 Å². The average molecular weight is 747 g/mol. The molecule has 0 spiro atoms. The van der Waals surface area contributed by atoms with Crippen LogP contribution in [0.1, 0.15) is 66.5 Å². The normalized spacial score (nSPS) is 18.8. The fourth-order valence-electron chi connectivity index (χ4n) is 8.13. The molecule has 8 rings (SSSR count). The summed E-state index contributed by atoms with van der Waals surface area (Å²) in [7, 11) is 0. The highest BCUT2D eigenvalue weighted by molar-refractivity contribution is 5.87. The fourth-order valence-corrected chi connectivity index (χ4v) is 8.13. The number of benzene rings is 4. The third kappa shape index (κ3) is 9.30. The first-order valence-corrected chi connectivity index (χ1v) is 19.3. The summed E-state index contributed by atoms with van der Waals surface area (Å²) in [6.45, 7) is 4.85. The zero-order valence-corrected chi connectivity index (χ0v) is 31.0. The van der Waals surface area contributed by atoms with Gasteiger partial charge in [-0.05, 0) is 116 Å². The second-order valence-corrected chi connectivity index (χ2v) is 14.6. The van der Waals surface area contributed by atoms with Gasteiger partial charge < -0.3 is 40.0 Å². The van der Waals surface area contributed by atoms with E-state index in [1.807, 2.05) is 78.9 Å². The number of ether oxygens (including phenoxy) is 2. The van der Waals surface area contributed by atoms with Crippen LogP contribution >= 0.6 is 0 Å². The summed E-state index contributed by atoms with van der Waals surface area (Å²) < 4.78 is 12.3. The van der Waals surface area contributed by atoms with Crippen molar-refractivity contribution in [1.29, 1.82) is 0 Å². The summed E-state index contributed by atoms with van der Waals surface area (Å²) in [4.78, 5) is 31.4. The Hall–Kier alpha value is -5.36. The van der Waals surface area contributed by atoms with Crippen LogP contribution in [0.15, 0.2) is 108 Å². The van der Waals surface area contributed by atoms with Gasteiger partial charge in [0, 0.05) is 24.5 Å². The number of piperidine rings is 3. The van der Waals surface area contributed by atoms with E-state index in [-0.39, 0.29) is 17.4 Å². The van der Waals surface area contributed by atoms with Gasteiger partial charge >= 0.3 is 6.09 Å². The SMILES string of the molecule is O=C(O)N(C1CN2CCC1CC2)[C@H](c1ccccc1)c1cccc(OCc2cccc(OCCCCCNC[C@H](O)c3ccc(O)c4[nH]c(=O)ccc34)c2)c1. The number of aromatic amines is 1. The number of phenols is 1. The van der Waals surface area contributed by atoms with Crippen molar-refractivity contribution in [3.05, 3.63) is 136 Å². The van der Waals surface area contributed by atoms with Crippen molar-refractivity contribution in [1.82, 2.24) is 20.1 Å². The Morgan fingerprint density at radius 3 is 2.40 bits per heavy atom. The lowest BCUT2D eigenvalue weighted by Crippen LogP contribution is -2.59. The summed E-state index contributed by atoms with van der Waals surface area (Å²) in [5, 5.41) is 35.4. The molecular weight excluding hydrogens is 697 g/mol. The molecule has 3 aliphatic rings. The maximum absolute atomic E-state index is 13.0. The molecular formula is C44H50N4O7. The van der Waals surface area contributed by atoms with Crippen molar-refractivity contribution in [3.63, 3.8) is 0 Å². The van der Waals surface area contributed by atoms with Gasteiger partial charge in [-0.3, -0.25) is 9.69 Å². The molecule has 11 heteroatoms. The Balaban J connectivity index is 0.886. The van der Waals surface area contributed by atoms with Crippen LogP contribution in [0.3, 0.4) is 0 Å². The van der Waals surface area contributed by atoms with E-state index in [2.05, 4.69) is 15.2 Å². The molecule has 5 N–H and O–H groups in total. The molecule has 5 aromatic rings. The van der Waals surface area contributed by atoms with E-state index in [1.54, 1.807) is 17.0 Å². The van der Waals surface area contributed by atoms with E-state index in [0.29, 0.717) is 47.9 Å². The highest BCUT2D eigenvalue weighted by Gasteiger charge is 2.43. The number of fused-ring (bicyclic) bond motifs is 4. The van der Waals surface area contributed by atoms with Crippen LogP contribution in [0.5, 0.6) is 17.2 Å². The van der Waals surface area contributed by atoms with Crippen LogP contribution in [-0.2, 0) is 6.61 Å². The summed E-state index contributed by atoms with van der Waals surface area (Å²) in [6, 6.07) is 31.3. The zero-order valence-electron chi connectivity index (χ0n) is 31.0. The number of hydrogen-bond donors (Lipinski definition) is 5. The quantitative estimate of drug-likeness (QED) is 0.0645. The summed E-state index contributed by atoms with van der Waals surface area (Å²) >= 11 is 0. The standard InChI is InChI=1S/C44H50N4O7/c49-39-17-15-36(37-16-18-41(51)46-42(37)39)40(50)27-45-21-5-2-6-24-54-34-13-7-9-30(25-34)29-55-35-14-8-12-33(26-35)43(32-10-3-1-4-11-32)48(44(52)53)38-28-47-22-19-31(38)20-23-47/h1,3-4,7-18,25-26,31,38,40,43,45,49-50H,2,5-6,19-24,27-29H2,(H,46,51)(H,52,53)/t38?,40-,43+/m0/s1. The van der Waals surface area contributed by atoms with Gasteiger partial charge in [0.05, 0.1) is 30.3 Å². The minimum atomic E-state index is -0.899. The highest BCUT2D eigenvalue weighted by atomic mass is 16.5. The van der Waals surface area contributed by atoms with E-state index < -0.39 is 18.2 Å². The van der Waals surface area contributed by atoms with Crippen molar-refractivity contribution in [2.45, 2.75) is 56.9 Å². The van der Waals surface area contributed by atoms with Crippen molar-refractivity contribution >= 4 is 17.0 Å². The molecule has 0 radical (unpaired) electrons. The molecule has 4 aromatic carbocycles. The molecule has 55 heavy (non-hydrogen) atoms. The fraction of sp³-hybridized carbons (Fsp3) is 0.364. The second-order valence-electron chi connectivity index (χ2n) is 14.6. The molecule has 2 bridgehead atoms. The lowest BCUT2D eigenvalue weighted by molar-refractivity contribution is -0.000812. The zero-order chi connectivity index (χ0) is 38.1. The Labute approximate surface area is 321 Å². The Morgan fingerprint density at radius 2 is 1.64 bits per heavy atom. The van der Waals surface area contributed by atoms with Gasteiger partial charge in [-0.1, -0.05) is 60.7 Å². The Kier molecular flexibility index (Phi) is 12.3. The van der Waals surface area contributed by atoms with Crippen LogP contribution in [0.2, 0.25) is 0 Å². The van der Waals surface area contributed by atoms with Gasteiger partial charge in [0.1, 0.15) is 23.9 Å². The van der Waals surface area contributed by atoms with Gasteiger partial charge in [0.2, 0.25) is 5.56 Å². The van der Waals surface area contributed by atoms with Crippen molar-refractivity contribution in [2.24, 2.45) is 5.92 Å². The highest BCUT2D eigenvalue weighted by Crippen LogP contribution is 2.39. The number of aliphatic hydroxyl groups excluding tert-OH is 1. The first-order valence-electron chi connectivity index (χ1n) is 19.3. The average Bonchev–Trinajstić information content (AvgIpc) is 3.21. The number of amides is 1. The number of carboxylic acid groups (broad SMARTS) is 1. The number of aliphatic hydroxyl groups is 1. The van der Waals surface area contributed by atoms with E-state index in [9.17, 15) is 24.9 Å². The predicted octanol–water partition coefficient (Wildman–Crippen LogP) is 6.85. The number of nitrogens with one attached hydrogen (secondary N) is 2. The van der Waals surface area contributed by atoms with Gasteiger partial charge in [0.25, 0.3) is 0 Å². The molecule has 0 aliphatic carbocycles. The van der Waals surface area contributed by atoms with Crippen LogP contribution in [0.4, 0.5) is 4.79 Å². The lowest BCUT2D eigenvalue weighted by atomic mass is 9.81. The molecule has 3 atom stereocenters. The molecule has 1 amide bonds. The molecule has 3 saturated heterocycles. The molecule has 3 fully saturated rings. The monoisotopic (exact) mass is 746 g/mol. The van der Waals surface area contributed by atoms with Gasteiger partial charge in [-0.15, -0.1) is 0 Å². The number of nitrogens with zero attached hydrogens (tertiary/aromatic N) is 2. The maximum atomic E-state index is 13.0. The Morgan fingerprint density at radius 1 is 0.873 bits per heavy atom. The summed E-state index contributed by atoms with van der Waals surface area (Å²) in [5.41, 5.74) is 3.46. The minimum Gasteiger partial charge on any atom is -0.506 e. The number of pyridine rings is 1.